The summed E-state index contributed by atoms with van der Waals surface area (Å²) in [4.78, 5) is 17.2. The Morgan fingerprint density at radius 1 is 1.03 bits per heavy atom. The molecule has 0 aliphatic carbocycles. The zero-order valence-corrected chi connectivity index (χ0v) is 19.0. The largest absolute Gasteiger partial charge is 0.493 e. The van der Waals surface area contributed by atoms with Gasteiger partial charge in [-0.05, 0) is 30.3 Å². The highest BCUT2D eigenvalue weighted by Gasteiger charge is 2.23. The van der Waals surface area contributed by atoms with Gasteiger partial charge in [-0.1, -0.05) is 24.3 Å². The number of para-hydroxylation sites is 1. The van der Waals surface area contributed by atoms with Crippen LogP contribution >= 0.6 is 0 Å². The van der Waals surface area contributed by atoms with Crippen molar-refractivity contribution in [3.05, 3.63) is 83.9 Å². The molecule has 0 saturated carbocycles. The summed E-state index contributed by atoms with van der Waals surface area (Å²) >= 11 is 0. The SMILES string of the molecule is O=C(N[C@H]1CCOc2ccccc21)c1cccc(NCc2nnc3n2CCOc2cnccc2-3)c1. The van der Waals surface area contributed by atoms with E-state index in [9.17, 15) is 4.79 Å². The van der Waals surface area contributed by atoms with Gasteiger partial charge in [-0.25, -0.2) is 0 Å². The third kappa shape index (κ3) is 4.16. The standard InChI is InChI=1S/C26H24N6O3/c33-26(29-21-9-12-34-22-7-2-1-6-19(21)22)17-4-3-5-18(14-17)28-16-24-30-31-25-20-8-10-27-15-23(20)35-13-11-32(24)25/h1-8,10,14-15,21,28H,9,11-13,16H2,(H,29,33)/t21-/m0/s1. The molecule has 176 valence electrons. The summed E-state index contributed by atoms with van der Waals surface area (Å²) in [5.41, 5.74) is 3.31. The lowest BCUT2D eigenvalue weighted by Crippen LogP contribution is -2.32. The molecule has 0 fully saturated rings. The van der Waals surface area contributed by atoms with E-state index in [-0.39, 0.29) is 11.9 Å². The van der Waals surface area contributed by atoms with E-state index in [0.717, 1.165) is 40.6 Å². The quantitative estimate of drug-likeness (QED) is 0.461. The first-order valence-electron chi connectivity index (χ1n) is 11.6. The van der Waals surface area contributed by atoms with Crippen molar-refractivity contribution in [2.75, 3.05) is 18.5 Å². The minimum atomic E-state index is -0.117. The van der Waals surface area contributed by atoms with E-state index in [1.807, 2.05) is 54.6 Å². The Bertz CT molecular complexity index is 1390. The zero-order valence-electron chi connectivity index (χ0n) is 19.0. The molecule has 2 aromatic heterocycles. The highest BCUT2D eigenvalue weighted by Crippen LogP contribution is 2.32. The maximum Gasteiger partial charge on any atom is 0.251 e. The number of benzene rings is 2. The molecular weight excluding hydrogens is 444 g/mol. The number of anilines is 1. The fourth-order valence-electron chi connectivity index (χ4n) is 4.51. The number of nitrogens with zero attached hydrogens (tertiary/aromatic N) is 4. The molecule has 0 saturated heterocycles. The average Bonchev–Trinajstić information content (AvgIpc) is 3.21. The number of fused-ring (bicyclic) bond motifs is 4. The van der Waals surface area contributed by atoms with E-state index in [4.69, 9.17) is 9.47 Å². The van der Waals surface area contributed by atoms with Gasteiger partial charge in [0.1, 0.15) is 18.1 Å². The van der Waals surface area contributed by atoms with Gasteiger partial charge < -0.3 is 24.7 Å². The number of aromatic nitrogens is 4. The number of nitrogens with one attached hydrogen (secondary N) is 2. The van der Waals surface area contributed by atoms with Crippen LogP contribution in [0.3, 0.4) is 0 Å². The second kappa shape index (κ2) is 9.09. The minimum Gasteiger partial charge on any atom is -0.493 e. The molecule has 9 heteroatoms. The fraction of sp³-hybridized carbons (Fsp3) is 0.231. The van der Waals surface area contributed by atoms with Crippen LogP contribution in [-0.2, 0) is 13.1 Å². The maximum atomic E-state index is 13.0. The number of amides is 1. The highest BCUT2D eigenvalue weighted by atomic mass is 16.5. The van der Waals surface area contributed by atoms with Gasteiger partial charge in [0.05, 0.1) is 37.5 Å². The van der Waals surface area contributed by atoms with Crippen molar-refractivity contribution in [2.24, 2.45) is 0 Å². The van der Waals surface area contributed by atoms with Crippen LogP contribution in [0, 0.1) is 0 Å². The molecule has 1 atom stereocenters. The molecule has 6 rings (SSSR count). The van der Waals surface area contributed by atoms with Crippen molar-refractivity contribution in [1.29, 1.82) is 0 Å². The zero-order chi connectivity index (χ0) is 23.6. The lowest BCUT2D eigenvalue weighted by Gasteiger charge is -2.26. The van der Waals surface area contributed by atoms with E-state index < -0.39 is 0 Å². The number of hydrogen-bond donors (Lipinski definition) is 2. The van der Waals surface area contributed by atoms with Crippen molar-refractivity contribution >= 4 is 11.6 Å². The van der Waals surface area contributed by atoms with E-state index >= 15 is 0 Å². The van der Waals surface area contributed by atoms with Crippen molar-refractivity contribution in [1.82, 2.24) is 25.1 Å². The van der Waals surface area contributed by atoms with E-state index in [1.165, 1.54) is 0 Å². The predicted molar refractivity (Wildman–Crippen MR) is 129 cm³/mol. The van der Waals surface area contributed by atoms with Crippen LogP contribution in [0.4, 0.5) is 5.69 Å². The Morgan fingerprint density at radius 2 is 1.94 bits per heavy atom. The molecule has 0 spiro atoms. The van der Waals surface area contributed by atoms with Gasteiger partial charge in [0.15, 0.2) is 11.6 Å². The summed E-state index contributed by atoms with van der Waals surface area (Å²) in [6, 6.07) is 17.1. The molecule has 9 nitrogen and oxygen atoms in total. The number of ether oxygens (including phenoxy) is 2. The fourth-order valence-corrected chi connectivity index (χ4v) is 4.51. The Morgan fingerprint density at radius 3 is 2.91 bits per heavy atom. The number of rotatable bonds is 5. The highest BCUT2D eigenvalue weighted by molar-refractivity contribution is 5.95. The van der Waals surface area contributed by atoms with Gasteiger partial charge in [-0.3, -0.25) is 9.78 Å². The third-order valence-electron chi connectivity index (χ3n) is 6.26. The summed E-state index contributed by atoms with van der Waals surface area (Å²) in [6.45, 7) is 2.20. The molecular formula is C26H24N6O3. The smallest absolute Gasteiger partial charge is 0.251 e. The molecule has 0 bridgehead atoms. The van der Waals surface area contributed by atoms with Gasteiger partial charge in [-0.2, -0.15) is 0 Å². The van der Waals surface area contributed by atoms with Crippen molar-refractivity contribution in [3.8, 4) is 22.9 Å². The summed E-state index contributed by atoms with van der Waals surface area (Å²) < 4.78 is 13.6. The second-order valence-electron chi connectivity index (χ2n) is 8.45. The lowest BCUT2D eigenvalue weighted by atomic mass is 10.00. The maximum absolute atomic E-state index is 13.0. The van der Waals surface area contributed by atoms with Crippen LogP contribution in [0.25, 0.3) is 11.4 Å². The van der Waals surface area contributed by atoms with Gasteiger partial charge in [0, 0.05) is 29.4 Å². The minimum absolute atomic E-state index is 0.0733. The van der Waals surface area contributed by atoms with E-state index in [0.29, 0.717) is 37.6 Å². The first-order valence-corrected chi connectivity index (χ1v) is 11.6. The Kier molecular flexibility index (Phi) is 5.50. The molecule has 4 aromatic rings. The van der Waals surface area contributed by atoms with Crippen LogP contribution in [0.15, 0.2) is 67.0 Å². The molecule has 35 heavy (non-hydrogen) atoms. The van der Waals surface area contributed by atoms with Crippen LogP contribution < -0.4 is 20.1 Å². The Hall–Kier alpha value is -4.40. The summed E-state index contributed by atoms with van der Waals surface area (Å²) in [5, 5.41) is 15.3. The number of hydrogen-bond acceptors (Lipinski definition) is 7. The summed E-state index contributed by atoms with van der Waals surface area (Å²) in [6.07, 6.45) is 4.16. The van der Waals surface area contributed by atoms with Crippen LogP contribution in [-0.4, -0.2) is 38.9 Å². The monoisotopic (exact) mass is 468 g/mol. The van der Waals surface area contributed by atoms with Crippen LogP contribution in [0.5, 0.6) is 11.5 Å². The molecule has 2 aliphatic heterocycles. The normalized spacial score (nSPS) is 15.9. The number of pyridine rings is 1. The summed E-state index contributed by atoms with van der Waals surface area (Å²) in [7, 11) is 0. The molecule has 2 N–H and O–H groups in total. The first kappa shape index (κ1) is 21.2. The summed E-state index contributed by atoms with van der Waals surface area (Å²) in [5.74, 6) is 2.98. The van der Waals surface area contributed by atoms with Crippen LogP contribution in [0.1, 0.15) is 34.2 Å². The molecule has 2 aromatic carbocycles. The number of carbonyl (C=O) groups is 1. The van der Waals surface area contributed by atoms with E-state index in [2.05, 4.69) is 30.4 Å². The molecule has 2 aliphatic rings. The molecule has 0 radical (unpaired) electrons. The number of carbonyl (C=O) groups excluding carboxylic acids is 1. The van der Waals surface area contributed by atoms with Crippen molar-refractivity contribution < 1.29 is 14.3 Å². The van der Waals surface area contributed by atoms with Crippen molar-refractivity contribution in [3.63, 3.8) is 0 Å². The van der Waals surface area contributed by atoms with Gasteiger partial charge in [-0.15, -0.1) is 10.2 Å². The topological polar surface area (TPSA) is 103 Å². The molecule has 0 unspecified atom stereocenters. The second-order valence-corrected chi connectivity index (χ2v) is 8.45. The van der Waals surface area contributed by atoms with Gasteiger partial charge in [0.2, 0.25) is 0 Å². The van der Waals surface area contributed by atoms with Gasteiger partial charge in [0.25, 0.3) is 5.91 Å². The molecule has 1 amide bonds. The van der Waals surface area contributed by atoms with Crippen LogP contribution in [0.2, 0.25) is 0 Å². The Labute approximate surface area is 202 Å². The van der Waals surface area contributed by atoms with Gasteiger partial charge >= 0.3 is 0 Å². The van der Waals surface area contributed by atoms with Crippen molar-refractivity contribution in [2.45, 2.75) is 25.6 Å². The average molecular weight is 469 g/mol. The predicted octanol–water partition coefficient (Wildman–Crippen LogP) is 3.60. The first-order chi connectivity index (χ1) is 17.3. The Balaban J connectivity index is 1.16. The lowest BCUT2D eigenvalue weighted by molar-refractivity contribution is 0.0925. The van der Waals surface area contributed by atoms with E-state index in [1.54, 1.807) is 12.4 Å². The third-order valence-corrected chi connectivity index (χ3v) is 6.26. The molecule has 4 heterocycles.